The van der Waals surface area contributed by atoms with Crippen molar-refractivity contribution in [2.24, 2.45) is 11.0 Å². The molecular formula is C23H19ClN2O. The molecule has 0 heterocycles. The number of carbonyl (C=O) groups excluding carboxylic acids is 1. The van der Waals surface area contributed by atoms with Crippen molar-refractivity contribution in [2.45, 2.75) is 11.8 Å². The minimum atomic E-state index is -0.280. The van der Waals surface area contributed by atoms with Crippen LogP contribution in [0.2, 0.25) is 5.02 Å². The molecule has 1 N–H and O–H groups in total. The highest BCUT2D eigenvalue weighted by Gasteiger charge is 2.60. The Bertz CT molecular complexity index is 930. The van der Waals surface area contributed by atoms with Crippen LogP contribution in [-0.4, -0.2) is 12.1 Å². The Morgan fingerprint density at radius 3 is 2.19 bits per heavy atom. The standard InChI is InChI=1S/C23H19ClN2O/c24-20-13-7-8-17(14-20)16-25-26-22(27)21-15-23(21,18-9-3-1-4-10-18)19-11-5-2-6-12-19/h1-14,16,21H,15H2,(H,26,27)/t21-/m0/s1. The normalized spacial score (nSPS) is 17.6. The van der Waals surface area contributed by atoms with Gasteiger partial charge in [-0.3, -0.25) is 4.79 Å². The monoisotopic (exact) mass is 374 g/mol. The summed E-state index contributed by atoms with van der Waals surface area (Å²) in [7, 11) is 0. The Labute approximate surface area is 163 Å². The SMILES string of the molecule is O=C(NN=Cc1cccc(Cl)c1)[C@@H]1CC1(c1ccccc1)c1ccccc1. The third-order valence-corrected chi connectivity index (χ3v) is 5.33. The first-order valence-electron chi connectivity index (χ1n) is 8.90. The van der Waals surface area contributed by atoms with Crippen molar-refractivity contribution in [1.29, 1.82) is 0 Å². The van der Waals surface area contributed by atoms with Gasteiger partial charge in [0.2, 0.25) is 5.91 Å². The molecule has 4 heteroatoms. The molecule has 3 aromatic carbocycles. The number of nitrogens with one attached hydrogen (secondary N) is 1. The van der Waals surface area contributed by atoms with Crippen molar-refractivity contribution < 1.29 is 4.79 Å². The van der Waals surface area contributed by atoms with Crippen LogP contribution in [-0.2, 0) is 10.2 Å². The molecule has 3 nitrogen and oxygen atoms in total. The first-order chi connectivity index (χ1) is 13.2. The average Bonchev–Trinajstić information content (AvgIpc) is 3.47. The van der Waals surface area contributed by atoms with E-state index in [1.54, 1.807) is 18.3 Å². The lowest BCUT2D eigenvalue weighted by atomic mass is 9.85. The molecule has 1 fully saturated rings. The van der Waals surface area contributed by atoms with E-state index in [2.05, 4.69) is 34.8 Å². The number of hydrogen-bond acceptors (Lipinski definition) is 2. The molecule has 1 aliphatic carbocycles. The van der Waals surface area contributed by atoms with E-state index in [0.29, 0.717) is 5.02 Å². The summed E-state index contributed by atoms with van der Waals surface area (Å²) in [5.74, 6) is -0.209. The third kappa shape index (κ3) is 3.51. The quantitative estimate of drug-likeness (QED) is 0.506. The van der Waals surface area contributed by atoms with E-state index in [9.17, 15) is 4.79 Å². The summed E-state index contributed by atoms with van der Waals surface area (Å²) in [5.41, 5.74) is 5.58. The first-order valence-corrected chi connectivity index (χ1v) is 9.27. The second kappa shape index (κ2) is 7.37. The van der Waals surface area contributed by atoms with Crippen molar-refractivity contribution in [2.75, 3.05) is 0 Å². The van der Waals surface area contributed by atoms with Crippen LogP contribution in [0.4, 0.5) is 0 Å². The molecule has 3 aromatic rings. The molecule has 1 amide bonds. The number of benzene rings is 3. The van der Waals surface area contributed by atoms with Gasteiger partial charge in [0.25, 0.3) is 0 Å². The summed E-state index contributed by atoms with van der Waals surface area (Å²) in [6.45, 7) is 0. The van der Waals surface area contributed by atoms with Crippen molar-refractivity contribution in [1.82, 2.24) is 5.43 Å². The number of carbonyl (C=O) groups is 1. The minimum absolute atomic E-state index is 0.0685. The maximum Gasteiger partial charge on any atom is 0.244 e. The highest BCUT2D eigenvalue weighted by Crippen LogP contribution is 2.58. The van der Waals surface area contributed by atoms with E-state index in [4.69, 9.17) is 11.6 Å². The van der Waals surface area contributed by atoms with Gasteiger partial charge in [-0.15, -0.1) is 0 Å². The summed E-state index contributed by atoms with van der Waals surface area (Å²) >= 11 is 5.97. The van der Waals surface area contributed by atoms with Gasteiger partial charge in [0.1, 0.15) is 0 Å². The Kier molecular flexibility index (Phi) is 4.78. The summed E-state index contributed by atoms with van der Waals surface area (Å²) in [6.07, 6.45) is 2.39. The molecule has 0 spiro atoms. The second-order valence-corrected chi connectivity index (χ2v) is 7.19. The fraction of sp³-hybridized carbons (Fsp3) is 0.130. The fourth-order valence-electron chi connectivity index (χ4n) is 3.69. The first kappa shape index (κ1) is 17.5. The molecule has 27 heavy (non-hydrogen) atoms. The number of nitrogens with zero attached hydrogens (tertiary/aromatic N) is 1. The Morgan fingerprint density at radius 2 is 1.59 bits per heavy atom. The van der Waals surface area contributed by atoms with E-state index < -0.39 is 0 Å². The zero-order valence-electron chi connectivity index (χ0n) is 14.7. The summed E-state index contributed by atoms with van der Waals surface area (Å²) in [4.78, 5) is 12.8. The van der Waals surface area contributed by atoms with Crippen LogP contribution in [0.3, 0.4) is 0 Å². The van der Waals surface area contributed by atoms with E-state index in [1.807, 2.05) is 48.5 Å². The highest BCUT2D eigenvalue weighted by molar-refractivity contribution is 6.30. The van der Waals surface area contributed by atoms with E-state index in [1.165, 1.54) is 0 Å². The molecule has 4 rings (SSSR count). The molecule has 1 aliphatic rings. The van der Waals surface area contributed by atoms with Crippen molar-refractivity contribution in [3.05, 3.63) is 107 Å². The fourth-order valence-corrected chi connectivity index (χ4v) is 3.89. The van der Waals surface area contributed by atoms with Gasteiger partial charge in [0, 0.05) is 10.4 Å². The summed E-state index contributed by atoms with van der Waals surface area (Å²) < 4.78 is 0. The van der Waals surface area contributed by atoms with Crippen LogP contribution in [0, 0.1) is 5.92 Å². The predicted octanol–water partition coefficient (Wildman–Crippen LogP) is 4.80. The number of hydrazone groups is 1. The average molecular weight is 375 g/mol. The van der Waals surface area contributed by atoms with Gasteiger partial charge in [0.15, 0.2) is 0 Å². The van der Waals surface area contributed by atoms with Crippen molar-refractivity contribution >= 4 is 23.7 Å². The lowest BCUT2D eigenvalue weighted by molar-refractivity contribution is -0.122. The largest absolute Gasteiger partial charge is 0.273 e. The number of rotatable bonds is 5. The van der Waals surface area contributed by atoms with Crippen molar-refractivity contribution in [3.8, 4) is 0 Å². The van der Waals surface area contributed by atoms with Crippen molar-refractivity contribution in [3.63, 3.8) is 0 Å². The molecule has 1 atom stereocenters. The van der Waals surface area contributed by atoms with Gasteiger partial charge in [-0.1, -0.05) is 84.4 Å². The van der Waals surface area contributed by atoms with Crippen LogP contribution in [0.1, 0.15) is 23.1 Å². The van der Waals surface area contributed by atoms with Gasteiger partial charge < -0.3 is 0 Å². The predicted molar refractivity (Wildman–Crippen MR) is 109 cm³/mol. The molecular weight excluding hydrogens is 356 g/mol. The van der Waals surface area contributed by atoms with E-state index in [0.717, 1.165) is 23.1 Å². The van der Waals surface area contributed by atoms with Gasteiger partial charge >= 0.3 is 0 Å². The maximum atomic E-state index is 12.8. The topological polar surface area (TPSA) is 41.5 Å². The van der Waals surface area contributed by atoms with Crippen LogP contribution >= 0.6 is 11.6 Å². The van der Waals surface area contributed by atoms with Crippen LogP contribution < -0.4 is 5.43 Å². The molecule has 0 saturated heterocycles. The Morgan fingerprint density at radius 1 is 0.963 bits per heavy atom. The van der Waals surface area contributed by atoms with Crippen LogP contribution in [0.25, 0.3) is 0 Å². The van der Waals surface area contributed by atoms with E-state index >= 15 is 0 Å². The summed E-state index contributed by atoms with van der Waals surface area (Å²) in [6, 6.07) is 27.8. The lowest BCUT2D eigenvalue weighted by Crippen LogP contribution is -2.25. The third-order valence-electron chi connectivity index (χ3n) is 5.09. The van der Waals surface area contributed by atoms with Gasteiger partial charge in [-0.05, 0) is 35.2 Å². The minimum Gasteiger partial charge on any atom is -0.273 e. The summed E-state index contributed by atoms with van der Waals surface area (Å²) in [5, 5.41) is 4.75. The maximum absolute atomic E-state index is 12.8. The number of hydrogen-bond donors (Lipinski definition) is 1. The Hall–Kier alpha value is -2.91. The molecule has 1 saturated carbocycles. The number of amides is 1. The smallest absolute Gasteiger partial charge is 0.244 e. The van der Waals surface area contributed by atoms with E-state index in [-0.39, 0.29) is 17.2 Å². The zero-order valence-corrected chi connectivity index (χ0v) is 15.4. The molecule has 0 radical (unpaired) electrons. The van der Waals surface area contributed by atoms with Crippen LogP contribution in [0.5, 0.6) is 0 Å². The molecule has 134 valence electrons. The zero-order chi connectivity index (χ0) is 18.7. The molecule has 0 unspecified atom stereocenters. The molecule has 0 aromatic heterocycles. The highest BCUT2D eigenvalue weighted by atomic mass is 35.5. The molecule has 0 aliphatic heterocycles. The van der Waals surface area contributed by atoms with Crippen LogP contribution in [0.15, 0.2) is 90.0 Å². The molecule has 0 bridgehead atoms. The Balaban J connectivity index is 1.54. The van der Waals surface area contributed by atoms with Gasteiger partial charge in [-0.25, -0.2) is 5.43 Å². The lowest BCUT2D eigenvalue weighted by Gasteiger charge is -2.18. The van der Waals surface area contributed by atoms with Gasteiger partial charge in [0.05, 0.1) is 12.1 Å². The number of halogens is 1. The van der Waals surface area contributed by atoms with Gasteiger partial charge in [-0.2, -0.15) is 5.10 Å². The second-order valence-electron chi connectivity index (χ2n) is 6.75.